The lowest BCUT2D eigenvalue weighted by atomic mass is 9.93. The minimum atomic E-state index is 0.483. The van der Waals surface area contributed by atoms with E-state index in [4.69, 9.17) is 4.74 Å². The third-order valence-corrected chi connectivity index (χ3v) is 4.25. The first kappa shape index (κ1) is 13.1. The van der Waals surface area contributed by atoms with Crippen molar-refractivity contribution in [3.8, 4) is 0 Å². The highest BCUT2D eigenvalue weighted by atomic mass is 32.1. The standard InChI is InChI=1S/C14H23NOS/c1-2-9-15-12-5-7-13(8-6-12)16-11-14-4-3-10-17-14/h3-4,10,12-13,15H,2,5-9,11H2,1H3. The monoisotopic (exact) mass is 253 g/mol. The summed E-state index contributed by atoms with van der Waals surface area (Å²) in [6.07, 6.45) is 6.69. The maximum absolute atomic E-state index is 5.96. The van der Waals surface area contributed by atoms with E-state index in [1.807, 2.05) is 0 Å². The number of nitrogens with one attached hydrogen (secondary N) is 1. The first-order chi connectivity index (χ1) is 8.38. The van der Waals surface area contributed by atoms with Crippen LogP contribution in [-0.2, 0) is 11.3 Å². The molecular weight excluding hydrogens is 230 g/mol. The van der Waals surface area contributed by atoms with Crippen molar-refractivity contribution in [1.29, 1.82) is 0 Å². The largest absolute Gasteiger partial charge is 0.373 e. The third kappa shape index (κ3) is 4.41. The summed E-state index contributed by atoms with van der Waals surface area (Å²) in [7, 11) is 0. The van der Waals surface area contributed by atoms with Gasteiger partial charge in [0.05, 0.1) is 12.7 Å². The van der Waals surface area contributed by atoms with Gasteiger partial charge in [-0.15, -0.1) is 11.3 Å². The summed E-state index contributed by atoms with van der Waals surface area (Å²) in [4.78, 5) is 1.34. The van der Waals surface area contributed by atoms with Gasteiger partial charge in [-0.25, -0.2) is 0 Å². The van der Waals surface area contributed by atoms with Gasteiger partial charge in [0.1, 0.15) is 0 Å². The van der Waals surface area contributed by atoms with E-state index in [-0.39, 0.29) is 0 Å². The number of thiophene rings is 1. The molecule has 0 spiro atoms. The van der Waals surface area contributed by atoms with Gasteiger partial charge in [-0.1, -0.05) is 13.0 Å². The van der Waals surface area contributed by atoms with Crippen molar-refractivity contribution < 1.29 is 4.74 Å². The number of hydrogen-bond acceptors (Lipinski definition) is 3. The molecule has 0 aromatic carbocycles. The van der Waals surface area contributed by atoms with Crippen LogP contribution in [0, 0.1) is 0 Å². The van der Waals surface area contributed by atoms with Crippen LogP contribution >= 0.6 is 11.3 Å². The molecule has 3 heteroatoms. The van der Waals surface area contributed by atoms with Gasteiger partial charge in [-0.05, 0) is 50.1 Å². The molecule has 2 rings (SSSR count). The zero-order valence-corrected chi connectivity index (χ0v) is 11.5. The lowest BCUT2D eigenvalue weighted by molar-refractivity contribution is 0.0126. The molecule has 96 valence electrons. The van der Waals surface area contributed by atoms with Gasteiger partial charge in [0, 0.05) is 10.9 Å². The molecule has 0 bridgehead atoms. The Morgan fingerprint density at radius 3 is 2.82 bits per heavy atom. The highest BCUT2D eigenvalue weighted by Crippen LogP contribution is 2.23. The Balaban J connectivity index is 1.62. The summed E-state index contributed by atoms with van der Waals surface area (Å²) < 4.78 is 5.96. The van der Waals surface area contributed by atoms with Crippen LogP contribution in [0.2, 0.25) is 0 Å². The van der Waals surface area contributed by atoms with Crippen molar-refractivity contribution >= 4 is 11.3 Å². The number of hydrogen-bond donors (Lipinski definition) is 1. The molecule has 0 radical (unpaired) electrons. The zero-order valence-electron chi connectivity index (χ0n) is 10.7. The SMILES string of the molecule is CCCNC1CCC(OCc2cccs2)CC1. The molecule has 1 fully saturated rings. The number of ether oxygens (including phenoxy) is 1. The third-order valence-electron chi connectivity index (χ3n) is 3.40. The molecular formula is C14H23NOS. The normalized spacial score (nSPS) is 25.0. The van der Waals surface area contributed by atoms with Crippen LogP contribution in [0.4, 0.5) is 0 Å². The molecule has 0 aliphatic heterocycles. The molecule has 1 N–H and O–H groups in total. The van der Waals surface area contributed by atoms with Crippen molar-refractivity contribution in [2.75, 3.05) is 6.54 Å². The summed E-state index contributed by atoms with van der Waals surface area (Å²) in [5.74, 6) is 0. The summed E-state index contributed by atoms with van der Waals surface area (Å²) in [5, 5.41) is 5.72. The van der Waals surface area contributed by atoms with Crippen molar-refractivity contribution in [3.05, 3.63) is 22.4 Å². The fourth-order valence-corrected chi connectivity index (χ4v) is 3.00. The highest BCUT2D eigenvalue weighted by Gasteiger charge is 2.20. The lowest BCUT2D eigenvalue weighted by Crippen LogP contribution is -2.35. The van der Waals surface area contributed by atoms with Gasteiger partial charge in [0.2, 0.25) is 0 Å². The second kappa shape index (κ2) is 7.14. The van der Waals surface area contributed by atoms with E-state index in [0.29, 0.717) is 6.10 Å². The van der Waals surface area contributed by atoms with Crippen LogP contribution in [0.3, 0.4) is 0 Å². The highest BCUT2D eigenvalue weighted by molar-refractivity contribution is 7.09. The molecule has 1 aliphatic rings. The van der Waals surface area contributed by atoms with Crippen molar-refractivity contribution in [3.63, 3.8) is 0 Å². The number of rotatable bonds is 6. The van der Waals surface area contributed by atoms with Gasteiger partial charge in [0.25, 0.3) is 0 Å². The van der Waals surface area contributed by atoms with Crippen LogP contribution in [0.25, 0.3) is 0 Å². The van der Waals surface area contributed by atoms with Gasteiger partial charge in [-0.3, -0.25) is 0 Å². The van der Waals surface area contributed by atoms with Crippen molar-refractivity contribution in [1.82, 2.24) is 5.32 Å². The Morgan fingerprint density at radius 2 is 2.18 bits per heavy atom. The molecule has 1 aromatic heterocycles. The topological polar surface area (TPSA) is 21.3 Å². The fraction of sp³-hybridized carbons (Fsp3) is 0.714. The second-order valence-electron chi connectivity index (χ2n) is 4.82. The van der Waals surface area contributed by atoms with Crippen LogP contribution in [0.15, 0.2) is 17.5 Å². The second-order valence-corrected chi connectivity index (χ2v) is 5.85. The Bertz CT molecular complexity index is 291. The average molecular weight is 253 g/mol. The predicted molar refractivity (Wildman–Crippen MR) is 73.4 cm³/mol. The predicted octanol–water partition coefficient (Wildman–Crippen LogP) is 3.58. The Labute approximate surface area is 108 Å². The van der Waals surface area contributed by atoms with Gasteiger partial charge in [-0.2, -0.15) is 0 Å². The van der Waals surface area contributed by atoms with Crippen LogP contribution < -0.4 is 5.32 Å². The van der Waals surface area contributed by atoms with Crippen molar-refractivity contribution in [2.24, 2.45) is 0 Å². The smallest absolute Gasteiger partial charge is 0.0813 e. The molecule has 0 unspecified atom stereocenters. The molecule has 0 atom stereocenters. The first-order valence-electron chi connectivity index (χ1n) is 6.76. The van der Waals surface area contributed by atoms with Crippen LogP contribution in [0.5, 0.6) is 0 Å². The summed E-state index contributed by atoms with van der Waals surface area (Å²) in [6, 6.07) is 4.98. The lowest BCUT2D eigenvalue weighted by Gasteiger charge is -2.29. The van der Waals surface area contributed by atoms with E-state index in [1.54, 1.807) is 11.3 Å². The van der Waals surface area contributed by atoms with E-state index >= 15 is 0 Å². The average Bonchev–Trinajstić information content (AvgIpc) is 2.88. The van der Waals surface area contributed by atoms with Gasteiger partial charge < -0.3 is 10.1 Å². The van der Waals surface area contributed by atoms with Gasteiger partial charge >= 0.3 is 0 Å². The van der Waals surface area contributed by atoms with E-state index in [2.05, 4.69) is 29.8 Å². The molecule has 0 saturated heterocycles. The van der Waals surface area contributed by atoms with E-state index < -0.39 is 0 Å². The Hall–Kier alpha value is -0.380. The van der Waals surface area contributed by atoms with E-state index in [0.717, 1.165) is 19.2 Å². The van der Waals surface area contributed by atoms with E-state index in [1.165, 1.54) is 37.0 Å². The minimum absolute atomic E-state index is 0.483. The van der Waals surface area contributed by atoms with Crippen molar-refractivity contribution in [2.45, 2.75) is 57.8 Å². The Kier molecular flexibility index (Phi) is 5.49. The minimum Gasteiger partial charge on any atom is -0.373 e. The zero-order chi connectivity index (χ0) is 11.9. The molecule has 0 amide bonds. The van der Waals surface area contributed by atoms with Gasteiger partial charge in [0.15, 0.2) is 0 Å². The maximum atomic E-state index is 5.96. The molecule has 1 aliphatic carbocycles. The summed E-state index contributed by atoms with van der Waals surface area (Å²) in [5.41, 5.74) is 0. The molecule has 17 heavy (non-hydrogen) atoms. The maximum Gasteiger partial charge on any atom is 0.0813 e. The van der Waals surface area contributed by atoms with E-state index in [9.17, 15) is 0 Å². The fourth-order valence-electron chi connectivity index (χ4n) is 2.38. The van der Waals surface area contributed by atoms with Crippen LogP contribution in [-0.4, -0.2) is 18.7 Å². The Morgan fingerprint density at radius 1 is 1.35 bits per heavy atom. The molecule has 1 heterocycles. The molecule has 1 aromatic rings. The molecule has 2 nitrogen and oxygen atoms in total. The summed E-state index contributed by atoms with van der Waals surface area (Å²) >= 11 is 1.79. The summed E-state index contributed by atoms with van der Waals surface area (Å²) in [6.45, 7) is 4.18. The van der Waals surface area contributed by atoms with Crippen LogP contribution in [0.1, 0.15) is 43.9 Å². The molecule has 1 saturated carbocycles. The first-order valence-corrected chi connectivity index (χ1v) is 7.64. The quantitative estimate of drug-likeness (QED) is 0.836.